The molecule has 2 saturated heterocycles. The predicted molar refractivity (Wildman–Crippen MR) is 93.7 cm³/mol. The first-order valence-corrected chi connectivity index (χ1v) is 9.26. The number of nitrogens with zero attached hydrogens (tertiary/aromatic N) is 3. The number of piperidine rings is 1. The predicted octanol–water partition coefficient (Wildman–Crippen LogP) is 1.66. The van der Waals surface area contributed by atoms with Crippen molar-refractivity contribution < 1.29 is 14.3 Å². The Morgan fingerprint density at radius 2 is 2.12 bits per heavy atom. The second-order valence-corrected chi connectivity index (χ2v) is 7.51. The molecule has 0 aromatic carbocycles. The van der Waals surface area contributed by atoms with E-state index in [0.29, 0.717) is 17.4 Å². The zero-order chi connectivity index (χ0) is 17.4. The minimum atomic E-state index is 0.0303. The van der Waals surface area contributed by atoms with Crippen LogP contribution in [0.5, 0.6) is 5.88 Å². The molecule has 2 aliphatic heterocycles. The average Bonchev–Trinajstić information content (AvgIpc) is 3.36. The number of fused-ring (bicyclic) bond motifs is 1. The summed E-state index contributed by atoms with van der Waals surface area (Å²) in [6.07, 6.45) is 5.50. The molecule has 3 aliphatic rings. The van der Waals surface area contributed by atoms with Gasteiger partial charge in [0.1, 0.15) is 5.56 Å². The Morgan fingerprint density at radius 3 is 2.84 bits per heavy atom. The van der Waals surface area contributed by atoms with Crippen LogP contribution in [0.1, 0.15) is 29.6 Å². The molecule has 0 unspecified atom stereocenters. The number of likely N-dealkylation sites (tertiary alicyclic amines) is 2. The van der Waals surface area contributed by atoms with Crippen molar-refractivity contribution in [3.05, 3.63) is 23.9 Å². The van der Waals surface area contributed by atoms with Gasteiger partial charge in [0.25, 0.3) is 5.91 Å². The van der Waals surface area contributed by atoms with Gasteiger partial charge in [-0.2, -0.15) is 0 Å². The van der Waals surface area contributed by atoms with Crippen molar-refractivity contribution >= 4 is 5.91 Å². The minimum Gasteiger partial charge on any atom is -0.480 e. The normalized spacial score (nSPS) is 29.5. The molecule has 1 amide bonds. The van der Waals surface area contributed by atoms with E-state index in [-0.39, 0.29) is 18.1 Å². The maximum absolute atomic E-state index is 13.2. The van der Waals surface area contributed by atoms with E-state index in [1.807, 2.05) is 11.0 Å². The van der Waals surface area contributed by atoms with Crippen molar-refractivity contribution in [2.24, 2.45) is 11.8 Å². The van der Waals surface area contributed by atoms with Crippen LogP contribution < -0.4 is 4.74 Å². The molecule has 1 aliphatic carbocycles. The third-order valence-electron chi connectivity index (χ3n) is 5.91. The summed E-state index contributed by atoms with van der Waals surface area (Å²) < 4.78 is 11.1. The summed E-state index contributed by atoms with van der Waals surface area (Å²) >= 11 is 0. The van der Waals surface area contributed by atoms with Gasteiger partial charge in [-0.15, -0.1) is 0 Å². The lowest BCUT2D eigenvalue weighted by molar-refractivity contribution is -0.0157. The van der Waals surface area contributed by atoms with Crippen LogP contribution in [0.15, 0.2) is 18.3 Å². The number of methoxy groups -OCH3 is 2. The van der Waals surface area contributed by atoms with Crippen LogP contribution in [-0.2, 0) is 4.74 Å². The van der Waals surface area contributed by atoms with E-state index in [1.54, 1.807) is 26.5 Å². The molecule has 0 spiro atoms. The van der Waals surface area contributed by atoms with E-state index in [1.165, 1.54) is 19.4 Å². The average molecular weight is 345 g/mol. The highest BCUT2D eigenvalue weighted by atomic mass is 16.5. The monoisotopic (exact) mass is 345 g/mol. The zero-order valence-corrected chi connectivity index (χ0v) is 15.1. The topological polar surface area (TPSA) is 54.9 Å². The van der Waals surface area contributed by atoms with Gasteiger partial charge in [-0.25, -0.2) is 4.98 Å². The number of hydrogen-bond acceptors (Lipinski definition) is 5. The third-order valence-corrected chi connectivity index (χ3v) is 5.91. The maximum atomic E-state index is 13.2. The Hall–Kier alpha value is -1.66. The first-order valence-electron chi connectivity index (χ1n) is 9.26. The van der Waals surface area contributed by atoms with Gasteiger partial charge < -0.3 is 19.3 Å². The molecule has 0 bridgehead atoms. The van der Waals surface area contributed by atoms with E-state index in [0.717, 1.165) is 32.0 Å². The molecule has 0 radical (unpaired) electrons. The van der Waals surface area contributed by atoms with Gasteiger partial charge in [-0.3, -0.25) is 4.79 Å². The lowest BCUT2D eigenvalue weighted by atomic mass is 9.88. The van der Waals surface area contributed by atoms with Crippen molar-refractivity contribution in [1.82, 2.24) is 14.8 Å². The van der Waals surface area contributed by atoms with Crippen molar-refractivity contribution in [2.75, 3.05) is 40.4 Å². The molecule has 6 heteroatoms. The molecule has 3 atom stereocenters. The lowest BCUT2D eigenvalue weighted by Gasteiger charge is -2.41. The minimum absolute atomic E-state index is 0.0303. The highest BCUT2D eigenvalue weighted by Gasteiger charge is 2.47. The highest BCUT2D eigenvalue weighted by Crippen LogP contribution is 2.37. The van der Waals surface area contributed by atoms with E-state index >= 15 is 0 Å². The summed E-state index contributed by atoms with van der Waals surface area (Å²) in [5.41, 5.74) is 0.556. The van der Waals surface area contributed by atoms with Crippen LogP contribution in [0.4, 0.5) is 0 Å². The lowest BCUT2D eigenvalue weighted by Crippen LogP contribution is -2.53. The van der Waals surface area contributed by atoms with Gasteiger partial charge in [0.15, 0.2) is 0 Å². The van der Waals surface area contributed by atoms with Gasteiger partial charge in [0.2, 0.25) is 5.88 Å². The highest BCUT2D eigenvalue weighted by molar-refractivity contribution is 5.96. The SMILES string of the molecule is COc1ncccc1C(=O)N1CC[C@@H](OC)[C@H]2CN(CC3CC3)C[C@H]21. The fourth-order valence-corrected chi connectivity index (χ4v) is 4.47. The number of hydrogen-bond donors (Lipinski definition) is 0. The Kier molecular flexibility index (Phi) is 4.65. The molecular formula is C19H27N3O3. The third kappa shape index (κ3) is 3.25. The summed E-state index contributed by atoms with van der Waals surface area (Å²) in [5, 5.41) is 0. The second-order valence-electron chi connectivity index (χ2n) is 7.51. The first kappa shape index (κ1) is 16.8. The molecule has 1 saturated carbocycles. The van der Waals surface area contributed by atoms with Gasteiger partial charge in [-0.1, -0.05) is 0 Å². The number of amides is 1. The number of carbonyl (C=O) groups is 1. The van der Waals surface area contributed by atoms with Crippen LogP contribution in [0.25, 0.3) is 0 Å². The van der Waals surface area contributed by atoms with Gasteiger partial charge in [0, 0.05) is 45.4 Å². The van der Waals surface area contributed by atoms with E-state index in [4.69, 9.17) is 9.47 Å². The summed E-state index contributed by atoms with van der Waals surface area (Å²) in [5.74, 6) is 1.70. The van der Waals surface area contributed by atoms with Crippen molar-refractivity contribution in [3.8, 4) is 5.88 Å². The molecule has 6 nitrogen and oxygen atoms in total. The standard InChI is InChI=1S/C19H27N3O3/c1-24-17-7-9-22(19(23)14-4-3-8-20-18(14)25-2)16-12-21(11-15(16)17)10-13-5-6-13/h3-4,8,13,15-17H,5-7,9-12H2,1-2H3/t15-,16+,17+/m0/s1. The van der Waals surface area contributed by atoms with E-state index in [2.05, 4.69) is 9.88 Å². The summed E-state index contributed by atoms with van der Waals surface area (Å²) in [6.45, 7) is 3.89. The van der Waals surface area contributed by atoms with Gasteiger partial charge in [0.05, 0.1) is 19.3 Å². The summed E-state index contributed by atoms with van der Waals surface area (Å²) in [7, 11) is 3.36. The fourth-order valence-electron chi connectivity index (χ4n) is 4.47. The number of pyridine rings is 1. The molecule has 0 N–H and O–H groups in total. The zero-order valence-electron chi connectivity index (χ0n) is 15.1. The molecule has 4 rings (SSSR count). The molecule has 25 heavy (non-hydrogen) atoms. The molecule has 136 valence electrons. The molecule has 1 aromatic heterocycles. The molecular weight excluding hydrogens is 318 g/mol. The number of carbonyl (C=O) groups excluding carboxylic acids is 1. The Labute approximate surface area is 149 Å². The van der Waals surface area contributed by atoms with Crippen LogP contribution >= 0.6 is 0 Å². The first-order chi connectivity index (χ1) is 12.2. The van der Waals surface area contributed by atoms with Crippen LogP contribution in [0, 0.1) is 11.8 Å². The van der Waals surface area contributed by atoms with Gasteiger partial charge in [-0.05, 0) is 37.3 Å². The van der Waals surface area contributed by atoms with Crippen molar-refractivity contribution in [3.63, 3.8) is 0 Å². The summed E-state index contributed by atoms with van der Waals surface area (Å²) in [6, 6.07) is 3.82. The van der Waals surface area contributed by atoms with Crippen LogP contribution in [-0.4, -0.2) is 73.2 Å². The Balaban J connectivity index is 1.55. The van der Waals surface area contributed by atoms with Crippen LogP contribution in [0.2, 0.25) is 0 Å². The molecule has 1 aromatic rings. The molecule has 3 heterocycles. The van der Waals surface area contributed by atoms with Crippen LogP contribution in [0.3, 0.4) is 0 Å². The van der Waals surface area contributed by atoms with Crippen molar-refractivity contribution in [1.29, 1.82) is 0 Å². The number of aromatic nitrogens is 1. The second kappa shape index (κ2) is 6.92. The largest absolute Gasteiger partial charge is 0.480 e. The smallest absolute Gasteiger partial charge is 0.259 e. The summed E-state index contributed by atoms with van der Waals surface area (Å²) in [4.78, 5) is 22.0. The van der Waals surface area contributed by atoms with E-state index in [9.17, 15) is 4.79 Å². The molecule has 3 fully saturated rings. The quantitative estimate of drug-likeness (QED) is 0.812. The number of rotatable bonds is 5. The maximum Gasteiger partial charge on any atom is 0.259 e. The Bertz CT molecular complexity index is 634. The number of ether oxygens (including phenoxy) is 2. The van der Waals surface area contributed by atoms with E-state index < -0.39 is 0 Å². The Morgan fingerprint density at radius 1 is 1.28 bits per heavy atom. The van der Waals surface area contributed by atoms with Crippen molar-refractivity contribution in [2.45, 2.75) is 31.4 Å². The van der Waals surface area contributed by atoms with Gasteiger partial charge >= 0.3 is 0 Å². The fraction of sp³-hybridized carbons (Fsp3) is 0.684.